The third-order valence-electron chi connectivity index (χ3n) is 3.78. The maximum absolute atomic E-state index is 11.3. The molecule has 0 aromatic carbocycles. The first-order chi connectivity index (χ1) is 7.97. The topological polar surface area (TPSA) is 104 Å². The third kappa shape index (κ3) is 3.98. The van der Waals surface area contributed by atoms with E-state index >= 15 is 0 Å². The molecule has 5 nitrogen and oxygen atoms in total. The molecule has 0 unspecified atom stereocenters. The predicted octanol–water partition coefficient (Wildman–Crippen LogP) is 0.602. The Bertz CT molecular complexity index is 256. The van der Waals surface area contributed by atoms with E-state index in [-0.39, 0.29) is 12.2 Å². The molecule has 0 saturated heterocycles. The monoisotopic (exact) mass is 243 g/mol. The largest absolute Gasteiger partial charge is 0.480 e. The number of nitrogens with two attached hydrogens (primary N) is 1. The van der Waals surface area contributed by atoms with E-state index < -0.39 is 18.6 Å². The summed E-state index contributed by atoms with van der Waals surface area (Å²) in [6, 6.07) is 0. The fourth-order valence-corrected chi connectivity index (χ4v) is 2.67. The number of carbonyl (C=O) groups is 1. The number of unbranched alkanes of at least 4 members (excludes halogenated alkanes) is 1. The second-order valence-corrected chi connectivity index (χ2v) is 5.05. The van der Waals surface area contributed by atoms with Crippen molar-refractivity contribution in [1.82, 2.24) is 0 Å². The normalized spacial score (nSPS) is 20.2. The van der Waals surface area contributed by atoms with E-state index in [1.807, 2.05) is 0 Å². The van der Waals surface area contributed by atoms with Crippen molar-refractivity contribution in [2.75, 3.05) is 0 Å². The van der Waals surface area contributed by atoms with Crippen LogP contribution in [-0.4, -0.2) is 33.8 Å². The van der Waals surface area contributed by atoms with Gasteiger partial charge in [-0.2, -0.15) is 0 Å². The van der Waals surface area contributed by atoms with Gasteiger partial charge in [0.1, 0.15) is 5.54 Å². The SMILES string of the molecule is N[C@@](CCCCB(O)O)(C(=O)O)C1CCCC1. The first-order valence-corrected chi connectivity index (χ1v) is 6.35. The Kier molecular flexibility index (Phi) is 5.43. The van der Waals surface area contributed by atoms with E-state index in [9.17, 15) is 9.90 Å². The van der Waals surface area contributed by atoms with Crippen LogP contribution in [0.3, 0.4) is 0 Å². The zero-order chi connectivity index (χ0) is 12.9. The third-order valence-corrected chi connectivity index (χ3v) is 3.78. The molecule has 1 fully saturated rings. The van der Waals surface area contributed by atoms with Gasteiger partial charge < -0.3 is 20.9 Å². The highest BCUT2D eigenvalue weighted by Crippen LogP contribution is 2.35. The quantitative estimate of drug-likeness (QED) is 0.387. The van der Waals surface area contributed by atoms with Gasteiger partial charge in [0.25, 0.3) is 0 Å². The highest BCUT2D eigenvalue weighted by molar-refractivity contribution is 6.40. The Balaban J connectivity index is 2.44. The maximum atomic E-state index is 11.3. The molecule has 0 amide bonds. The molecular weight excluding hydrogens is 221 g/mol. The first kappa shape index (κ1) is 14.5. The summed E-state index contributed by atoms with van der Waals surface area (Å²) >= 11 is 0. The molecule has 1 aliphatic carbocycles. The minimum absolute atomic E-state index is 0.0686. The summed E-state index contributed by atoms with van der Waals surface area (Å²) in [6.07, 6.45) is 5.82. The van der Waals surface area contributed by atoms with Crippen LogP contribution < -0.4 is 5.73 Å². The molecule has 1 saturated carbocycles. The van der Waals surface area contributed by atoms with Gasteiger partial charge in [0.05, 0.1) is 0 Å². The average Bonchev–Trinajstić information content (AvgIpc) is 2.77. The second-order valence-electron chi connectivity index (χ2n) is 5.05. The second kappa shape index (κ2) is 6.38. The average molecular weight is 243 g/mol. The van der Waals surface area contributed by atoms with Crippen molar-refractivity contribution in [2.24, 2.45) is 11.7 Å². The van der Waals surface area contributed by atoms with Crippen LogP contribution in [0.5, 0.6) is 0 Å². The van der Waals surface area contributed by atoms with Crippen LogP contribution in [0.15, 0.2) is 0 Å². The number of hydrogen-bond acceptors (Lipinski definition) is 4. The Morgan fingerprint density at radius 2 is 1.88 bits per heavy atom. The highest BCUT2D eigenvalue weighted by atomic mass is 16.4. The summed E-state index contributed by atoms with van der Waals surface area (Å²) in [5, 5.41) is 26.7. The summed E-state index contributed by atoms with van der Waals surface area (Å²) in [7, 11) is -1.31. The van der Waals surface area contributed by atoms with Crippen molar-refractivity contribution in [1.29, 1.82) is 0 Å². The molecule has 17 heavy (non-hydrogen) atoms. The molecular formula is C11H22BNO4. The van der Waals surface area contributed by atoms with Crippen molar-refractivity contribution in [3.05, 3.63) is 0 Å². The number of carboxylic acid groups (broad SMARTS) is 1. The Hall–Kier alpha value is -0.585. The van der Waals surface area contributed by atoms with Gasteiger partial charge in [-0.05, 0) is 31.5 Å². The van der Waals surface area contributed by atoms with E-state index in [4.69, 9.17) is 15.8 Å². The minimum Gasteiger partial charge on any atom is -0.480 e. The van der Waals surface area contributed by atoms with Gasteiger partial charge >= 0.3 is 13.1 Å². The maximum Gasteiger partial charge on any atom is 0.451 e. The predicted molar refractivity (Wildman–Crippen MR) is 65.4 cm³/mol. The molecule has 6 heteroatoms. The lowest BCUT2D eigenvalue weighted by Crippen LogP contribution is -2.53. The van der Waals surface area contributed by atoms with Crippen LogP contribution in [0.4, 0.5) is 0 Å². The lowest BCUT2D eigenvalue weighted by Gasteiger charge is -2.31. The molecule has 5 N–H and O–H groups in total. The molecule has 1 aliphatic rings. The van der Waals surface area contributed by atoms with Crippen LogP contribution >= 0.6 is 0 Å². The highest BCUT2D eigenvalue weighted by Gasteiger charge is 2.42. The fourth-order valence-electron chi connectivity index (χ4n) is 2.67. The number of hydrogen-bond donors (Lipinski definition) is 4. The Morgan fingerprint density at radius 3 is 2.35 bits per heavy atom. The molecule has 1 rings (SSSR count). The van der Waals surface area contributed by atoms with E-state index in [1.165, 1.54) is 0 Å². The zero-order valence-electron chi connectivity index (χ0n) is 10.1. The van der Waals surface area contributed by atoms with Crippen LogP contribution in [0.1, 0.15) is 44.9 Å². The molecule has 0 aromatic rings. The van der Waals surface area contributed by atoms with Gasteiger partial charge in [0, 0.05) is 0 Å². The summed E-state index contributed by atoms with van der Waals surface area (Å²) in [5.41, 5.74) is 4.91. The van der Waals surface area contributed by atoms with Crippen LogP contribution in [0.25, 0.3) is 0 Å². The Morgan fingerprint density at radius 1 is 1.29 bits per heavy atom. The first-order valence-electron chi connectivity index (χ1n) is 6.35. The Labute approximate surface area is 102 Å². The number of aliphatic carboxylic acids is 1. The van der Waals surface area contributed by atoms with Gasteiger partial charge in [0.15, 0.2) is 0 Å². The molecule has 0 aliphatic heterocycles. The minimum atomic E-state index is -1.31. The van der Waals surface area contributed by atoms with E-state index in [0.717, 1.165) is 25.7 Å². The lowest BCUT2D eigenvalue weighted by molar-refractivity contribution is -0.146. The molecule has 0 heterocycles. The van der Waals surface area contributed by atoms with Gasteiger partial charge in [-0.25, -0.2) is 0 Å². The summed E-state index contributed by atoms with van der Waals surface area (Å²) in [5.74, 6) is -0.854. The zero-order valence-corrected chi connectivity index (χ0v) is 10.1. The number of carboxylic acids is 1. The molecule has 1 atom stereocenters. The van der Waals surface area contributed by atoms with Crippen molar-refractivity contribution in [2.45, 2.75) is 56.8 Å². The van der Waals surface area contributed by atoms with Crippen LogP contribution in [0.2, 0.25) is 6.32 Å². The molecule has 0 spiro atoms. The van der Waals surface area contributed by atoms with E-state index in [1.54, 1.807) is 0 Å². The van der Waals surface area contributed by atoms with Crippen molar-refractivity contribution in [3.8, 4) is 0 Å². The van der Waals surface area contributed by atoms with Crippen molar-refractivity contribution >= 4 is 13.1 Å². The summed E-state index contributed by atoms with van der Waals surface area (Å²) < 4.78 is 0. The van der Waals surface area contributed by atoms with E-state index in [0.29, 0.717) is 19.3 Å². The molecule has 0 bridgehead atoms. The van der Waals surface area contributed by atoms with Gasteiger partial charge in [0.2, 0.25) is 0 Å². The van der Waals surface area contributed by atoms with Crippen molar-refractivity contribution < 1.29 is 19.9 Å². The van der Waals surface area contributed by atoms with Crippen molar-refractivity contribution in [3.63, 3.8) is 0 Å². The van der Waals surface area contributed by atoms with Gasteiger partial charge in [-0.3, -0.25) is 4.79 Å². The molecule has 98 valence electrons. The number of rotatable bonds is 7. The fraction of sp³-hybridized carbons (Fsp3) is 0.909. The van der Waals surface area contributed by atoms with Gasteiger partial charge in [-0.1, -0.05) is 25.7 Å². The summed E-state index contributed by atoms with van der Waals surface area (Å²) in [6.45, 7) is 0. The standard InChI is InChI=1S/C11H22BNO4/c13-11(10(14)15,9-5-1-2-6-9)7-3-4-8-12(16)17/h9,16-17H,1-8,13H2,(H,14,15)/t11-/m1/s1. The molecule has 0 aromatic heterocycles. The lowest BCUT2D eigenvalue weighted by atomic mass is 9.77. The molecule has 0 radical (unpaired) electrons. The van der Waals surface area contributed by atoms with Gasteiger partial charge in [-0.15, -0.1) is 0 Å². The van der Waals surface area contributed by atoms with Crippen LogP contribution in [0, 0.1) is 5.92 Å². The van der Waals surface area contributed by atoms with E-state index in [2.05, 4.69) is 0 Å². The smallest absolute Gasteiger partial charge is 0.451 e. The van der Waals surface area contributed by atoms with Crippen LogP contribution in [-0.2, 0) is 4.79 Å². The summed E-state index contributed by atoms with van der Waals surface area (Å²) in [4.78, 5) is 11.3.